The highest BCUT2D eigenvalue weighted by Gasteiger charge is 2.24. The summed E-state index contributed by atoms with van der Waals surface area (Å²) in [5.74, 6) is 0.917. The number of benzene rings is 2. The van der Waals surface area contributed by atoms with E-state index in [4.69, 9.17) is 9.47 Å². The van der Waals surface area contributed by atoms with Gasteiger partial charge in [0.05, 0.1) is 14.2 Å². The molecule has 2 aromatic rings. The second-order valence-corrected chi connectivity index (χ2v) is 7.91. The second kappa shape index (κ2) is 10.8. The third kappa shape index (κ3) is 6.45. The quantitative estimate of drug-likeness (QED) is 0.667. The number of carbonyl (C=O) groups excluding carboxylic acids is 3. The molecular formula is C24H30N4O5. The number of ether oxygens (including phenoxy) is 2. The van der Waals surface area contributed by atoms with Gasteiger partial charge in [0.1, 0.15) is 11.5 Å². The van der Waals surface area contributed by atoms with Gasteiger partial charge < -0.3 is 25.0 Å². The van der Waals surface area contributed by atoms with Crippen molar-refractivity contribution >= 4 is 29.1 Å². The van der Waals surface area contributed by atoms with Gasteiger partial charge >= 0.3 is 0 Å². The van der Waals surface area contributed by atoms with Gasteiger partial charge in [-0.05, 0) is 36.4 Å². The predicted octanol–water partition coefficient (Wildman–Crippen LogP) is 2.58. The van der Waals surface area contributed by atoms with Crippen LogP contribution < -0.4 is 20.1 Å². The van der Waals surface area contributed by atoms with Crippen molar-refractivity contribution in [3.05, 3.63) is 47.5 Å². The number of piperazine rings is 1. The Morgan fingerprint density at radius 2 is 1.45 bits per heavy atom. The zero-order valence-corrected chi connectivity index (χ0v) is 19.4. The number of hydrogen-bond acceptors (Lipinski definition) is 6. The molecule has 9 heteroatoms. The molecule has 0 spiro atoms. The Hall–Kier alpha value is -3.59. The molecule has 3 amide bonds. The van der Waals surface area contributed by atoms with Crippen LogP contribution in [0.4, 0.5) is 11.4 Å². The molecule has 33 heavy (non-hydrogen) atoms. The molecule has 0 unspecified atom stereocenters. The van der Waals surface area contributed by atoms with Crippen LogP contribution in [0.15, 0.2) is 36.4 Å². The van der Waals surface area contributed by atoms with Crippen LogP contribution in [0.3, 0.4) is 0 Å². The molecule has 2 aromatic carbocycles. The number of hydrogen-bond donors (Lipinski definition) is 2. The Kier molecular flexibility index (Phi) is 7.89. The van der Waals surface area contributed by atoms with Gasteiger partial charge in [-0.2, -0.15) is 0 Å². The van der Waals surface area contributed by atoms with Crippen molar-refractivity contribution in [3.63, 3.8) is 0 Å². The molecule has 0 radical (unpaired) electrons. The number of nitrogens with zero attached hydrogens (tertiary/aromatic N) is 2. The van der Waals surface area contributed by atoms with Crippen LogP contribution in [0.1, 0.15) is 29.8 Å². The summed E-state index contributed by atoms with van der Waals surface area (Å²) in [4.78, 5) is 40.2. The molecule has 1 saturated heterocycles. The van der Waals surface area contributed by atoms with Crippen molar-refractivity contribution < 1.29 is 23.9 Å². The number of nitrogens with one attached hydrogen (secondary N) is 2. The first-order valence-electron chi connectivity index (χ1n) is 10.7. The summed E-state index contributed by atoms with van der Waals surface area (Å²) in [6, 6.07) is 10.6. The van der Waals surface area contributed by atoms with Crippen molar-refractivity contribution in [2.24, 2.45) is 0 Å². The highest BCUT2D eigenvalue weighted by molar-refractivity contribution is 6.00. The highest BCUT2D eigenvalue weighted by atomic mass is 16.5. The summed E-state index contributed by atoms with van der Waals surface area (Å²) in [6.45, 7) is 6.00. The van der Waals surface area contributed by atoms with Crippen molar-refractivity contribution in [3.8, 4) is 11.5 Å². The lowest BCUT2D eigenvalue weighted by molar-refractivity contribution is -0.115. The van der Waals surface area contributed by atoms with Crippen LogP contribution in [0, 0.1) is 0 Å². The summed E-state index contributed by atoms with van der Waals surface area (Å²) in [5.41, 5.74) is 2.36. The van der Waals surface area contributed by atoms with Gasteiger partial charge in [-0.25, -0.2) is 0 Å². The maximum atomic E-state index is 13.2. The molecule has 0 aliphatic carbocycles. The molecule has 0 bridgehead atoms. The molecule has 1 fully saturated rings. The fraction of sp³-hybridized carbons (Fsp3) is 0.375. The Bertz CT molecular complexity index is 997. The van der Waals surface area contributed by atoms with Crippen molar-refractivity contribution in [1.82, 2.24) is 9.80 Å². The van der Waals surface area contributed by atoms with E-state index in [1.807, 2.05) is 18.2 Å². The number of rotatable bonds is 7. The summed E-state index contributed by atoms with van der Waals surface area (Å²) >= 11 is 0. The largest absolute Gasteiger partial charge is 0.497 e. The van der Waals surface area contributed by atoms with E-state index in [-0.39, 0.29) is 17.7 Å². The van der Waals surface area contributed by atoms with Gasteiger partial charge in [0.25, 0.3) is 5.91 Å². The minimum Gasteiger partial charge on any atom is -0.497 e. The first kappa shape index (κ1) is 24.1. The monoisotopic (exact) mass is 454 g/mol. The summed E-state index contributed by atoms with van der Waals surface area (Å²) in [7, 11) is 3.28. The third-order valence-electron chi connectivity index (χ3n) is 5.36. The van der Waals surface area contributed by atoms with Crippen molar-refractivity contribution in [2.45, 2.75) is 20.4 Å². The molecule has 1 aliphatic heterocycles. The zero-order chi connectivity index (χ0) is 24.0. The van der Waals surface area contributed by atoms with Gasteiger partial charge in [0.15, 0.2) is 0 Å². The Morgan fingerprint density at radius 3 is 1.97 bits per heavy atom. The molecule has 0 saturated carbocycles. The first-order valence-corrected chi connectivity index (χ1v) is 10.7. The van der Waals surface area contributed by atoms with Crippen molar-refractivity contribution in [2.75, 3.05) is 51.0 Å². The molecule has 0 aromatic heterocycles. The molecular weight excluding hydrogens is 424 g/mol. The Morgan fingerprint density at radius 1 is 0.848 bits per heavy atom. The van der Waals surface area contributed by atoms with Crippen LogP contribution in [0.5, 0.6) is 11.5 Å². The first-order chi connectivity index (χ1) is 15.8. The average Bonchev–Trinajstić information content (AvgIpc) is 2.78. The zero-order valence-electron chi connectivity index (χ0n) is 19.4. The smallest absolute Gasteiger partial charge is 0.254 e. The van der Waals surface area contributed by atoms with Gasteiger partial charge in [0, 0.05) is 69.1 Å². The molecule has 2 N–H and O–H groups in total. The summed E-state index contributed by atoms with van der Waals surface area (Å²) < 4.78 is 10.8. The van der Waals surface area contributed by atoms with E-state index in [0.717, 1.165) is 17.1 Å². The van der Waals surface area contributed by atoms with Gasteiger partial charge in [0.2, 0.25) is 11.8 Å². The molecule has 1 heterocycles. The van der Waals surface area contributed by atoms with E-state index >= 15 is 0 Å². The van der Waals surface area contributed by atoms with Gasteiger partial charge in [-0.15, -0.1) is 0 Å². The van der Waals surface area contributed by atoms with E-state index in [1.165, 1.54) is 13.8 Å². The van der Waals surface area contributed by atoms with Crippen LogP contribution in [-0.4, -0.2) is 67.9 Å². The van der Waals surface area contributed by atoms with Crippen LogP contribution in [-0.2, 0) is 16.1 Å². The molecule has 0 atom stereocenters. The third-order valence-corrected chi connectivity index (χ3v) is 5.36. The molecule has 9 nitrogen and oxygen atoms in total. The number of carbonyl (C=O) groups is 3. The second-order valence-electron chi connectivity index (χ2n) is 7.91. The lowest BCUT2D eigenvalue weighted by Crippen LogP contribution is -2.48. The fourth-order valence-corrected chi connectivity index (χ4v) is 3.84. The molecule has 3 rings (SSSR count). The van der Waals surface area contributed by atoms with E-state index in [1.54, 1.807) is 37.3 Å². The molecule has 176 valence electrons. The maximum Gasteiger partial charge on any atom is 0.254 e. The van der Waals surface area contributed by atoms with Crippen LogP contribution in [0.25, 0.3) is 0 Å². The highest BCUT2D eigenvalue weighted by Crippen LogP contribution is 2.26. The van der Waals surface area contributed by atoms with Crippen molar-refractivity contribution in [1.29, 1.82) is 0 Å². The number of methoxy groups -OCH3 is 2. The number of anilines is 2. The normalized spacial score (nSPS) is 13.9. The van der Waals surface area contributed by atoms with Gasteiger partial charge in [-0.1, -0.05) is 0 Å². The topological polar surface area (TPSA) is 100 Å². The summed E-state index contributed by atoms with van der Waals surface area (Å²) in [6.07, 6.45) is 0. The van der Waals surface area contributed by atoms with Crippen LogP contribution >= 0.6 is 0 Å². The van der Waals surface area contributed by atoms with E-state index in [2.05, 4.69) is 15.5 Å². The fourth-order valence-electron chi connectivity index (χ4n) is 3.84. The van der Waals surface area contributed by atoms with E-state index in [9.17, 15) is 14.4 Å². The maximum absolute atomic E-state index is 13.2. The predicted molar refractivity (Wildman–Crippen MR) is 126 cm³/mol. The lowest BCUT2D eigenvalue weighted by Gasteiger charge is -2.35. The standard InChI is InChI=1S/C24H30N4O5/c1-16(29)25-20-11-18(12-21(14-20)26-17(2)30)24(31)28-9-7-27(8-10-28)15-19-13-22(32-3)5-6-23(19)33-4/h5-6,11-14H,7-10,15H2,1-4H3,(H,25,29)(H,26,30). The minimum atomic E-state index is -0.255. The summed E-state index contributed by atoms with van der Waals surface area (Å²) in [5, 5.41) is 5.36. The average molecular weight is 455 g/mol. The van der Waals surface area contributed by atoms with E-state index in [0.29, 0.717) is 49.7 Å². The number of amides is 3. The van der Waals surface area contributed by atoms with E-state index < -0.39 is 0 Å². The Balaban J connectivity index is 1.69. The SMILES string of the molecule is COc1ccc(OC)c(CN2CCN(C(=O)c3cc(NC(C)=O)cc(NC(C)=O)c3)CC2)c1. The van der Waals surface area contributed by atoms with Crippen LogP contribution in [0.2, 0.25) is 0 Å². The Labute approximate surface area is 193 Å². The molecule has 1 aliphatic rings. The minimum absolute atomic E-state index is 0.146. The van der Waals surface area contributed by atoms with Gasteiger partial charge in [-0.3, -0.25) is 19.3 Å². The lowest BCUT2D eigenvalue weighted by atomic mass is 10.1.